The number of hydrogen-bond donors (Lipinski definition) is 0. The molecule has 1 aromatic carbocycles. The van der Waals surface area contributed by atoms with Crippen LogP contribution in [0.15, 0.2) is 28.8 Å². The third-order valence-electron chi connectivity index (χ3n) is 5.57. The largest absolute Gasteiger partial charge is 0.337 e. The third kappa shape index (κ3) is 5.89. The van der Waals surface area contributed by atoms with Crippen molar-refractivity contribution in [1.82, 2.24) is 14.4 Å². The molecule has 0 aliphatic carbocycles. The van der Waals surface area contributed by atoms with E-state index in [0.717, 1.165) is 43.2 Å². The van der Waals surface area contributed by atoms with Gasteiger partial charge in [0.15, 0.2) is 0 Å². The van der Waals surface area contributed by atoms with Crippen molar-refractivity contribution >= 4 is 10.0 Å². The van der Waals surface area contributed by atoms with E-state index < -0.39 is 10.0 Å². The van der Waals surface area contributed by atoms with E-state index in [9.17, 15) is 8.42 Å². The molecule has 0 spiro atoms. The maximum Gasteiger partial charge on any atom is 0.245 e. The standard InChI is InChI=1S/C22H33N3O3S/c1-3-4-5-6-7-10-16-29(26,27)25-15-9-8-14-20(25)22-23-21(24-28-22)19-13-11-12-18(2)17-19/h11-13,17,20H,3-10,14-16H2,1-2H3. The Bertz CT molecular complexity index is 879. The lowest BCUT2D eigenvalue weighted by atomic mass is 10.1. The molecule has 1 aromatic heterocycles. The zero-order valence-corrected chi connectivity index (χ0v) is 18.5. The van der Waals surface area contributed by atoms with Crippen LogP contribution in [0.5, 0.6) is 0 Å². The third-order valence-corrected chi connectivity index (χ3v) is 7.53. The minimum Gasteiger partial charge on any atom is -0.337 e. The van der Waals surface area contributed by atoms with Crippen LogP contribution in [0.25, 0.3) is 11.4 Å². The highest BCUT2D eigenvalue weighted by atomic mass is 32.2. The molecular weight excluding hydrogens is 386 g/mol. The van der Waals surface area contributed by atoms with Gasteiger partial charge in [0.25, 0.3) is 0 Å². The summed E-state index contributed by atoms with van der Waals surface area (Å²) in [5.41, 5.74) is 2.01. The van der Waals surface area contributed by atoms with Crippen LogP contribution in [-0.2, 0) is 10.0 Å². The number of piperidine rings is 1. The quantitative estimate of drug-likeness (QED) is 0.491. The van der Waals surface area contributed by atoms with Gasteiger partial charge in [0.1, 0.15) is 6.04 Å². The molecule has 0 bridgehead atoms. The molecule has 1 unspecified atom stereocenters. The molecule has 0 N–H and O–H groups in total. The predicted molar refractivity (Wildman–Crippen MR) is 115 cm³/mol. The summed E-state index contributed by atoms with van der Waals surface area (Å²) in [7, 11) is -3.33. The van der Waals surface area contributed by atoms with Crippen LogP contribution in [0.2, 0.25) is 0 Å². The fourth-order valence-electron chi connectivity index (χ4n) is 3.94. The van der Waals surface area contributed by atoms with Crippen LogP contribution >= 0.6 is 0 Å². The second-order valence-electron chi connectivity index (χ2n) is 8.03. The van der Waals surface area contributed by atoms with Gasteiger partial charge >= 0.3 is 0 Å². The summed E-state index contributed by atoms with van der Waals surface area (Å²) in [6, 6.07) is 7.57. The summed E-state index contributed by atoms with van der Waals surface area (Å²) in [6.45, 7) is 4.73. The Hall–Kier alpha value is -1.73. The van der Waals surface area contributed by atoms with Gasteiger partial charge in [0.05, 0.1) is 5.75 Å². The molecule has 1 fully saturated rings. The van der Waals surface area contributed by atoms with Crippen LogP contribution < -0.4 is 0 Å². The Morgan fingerprint density at radius 2 is 1.93 bits per heavy atom. The molecule has 7 heteroatoms. The minimum atomic E-state index is -3.33. The van der Waals surface area contributed by atoms with Gasteiger partial charge < -0.3 is 4.52 Å². The molecule has 0 radical (unpaired) electrons. The number of aryl methyl sites for hydroxylation is 1. The van der Waals surface area contributed by atoms with E-state index in [0.29, 0.717) is 24.7 Å². The normalized spacial score (nSPS) is 18.2. The molecule has 160 valence electrons. The molecule has 3 rings (SSSR count). The Labute approximate surface area is 174 Å². The van der Waals surface area contributed by atoms with Crippen molar-refractivity contribution in [2.24, 2.45) is 0 Å². The first-order valence-corrected chi connectivity index (χ1v) is 12.5. The van der Waals surface area contributed by atoms with E-state index in [1.165, 1.54) is 19.3 Å². The van der Waals surface area contributed by atoms with Gasteiger partial charge in [-0.3, -0.25) is 0 Å². The maximum atomic E-state index is 13.0. The van der Waals surface area contributed by atoms with Crippen LogP contribution in [0.1, 0.15) is 82.2 Å². The first-order valence-electron chi connectivity index (χ1n) is 10.9. The lowest BCUT2D eigenvalue weighted by Crippen LogP contribution is -2.40. The number of nitrogens with zero attached hydrogens (tertiary/aromatic N) is 3. The highest BCUT2D eigenvalue weighted by Gasteiger charge is 2.36. The summed E-state index contributed by atoms with van der Waals surface area (Å²) in [5.74, 6) is 1.13. The predicted octanol–water partition coefficient (Wildman–Crippen LogP) is 5.26. The number of rotatable bonds is 10. The molecular formula is C22H33N3O3S. The van der Waals surface area contributed by atoms with Crippen molar-refractivity contribution in [2.45, 2.75) is 77.7 Å². The van der Waals surface area contributed by atoms with Crippen molar-refractivity contribution in [1.29, 1.82) is 0 Å². The van der Waals surface area contributed by atoms with E-state index >= 15 is 0 Å². The van der Waals surface area contributed by atoms with Gasteiger partial charge in [-0.15, -0.1) is 0 Å². The highest BCUT2D eigenvalue weighted by Crippen LogP contribution is 2.33. The van der Waals surface area contributed by atoms with E-state index in [-0.39, 0.29) is 11.8 Å². The van der Waals surface area contributed by atoms with Gasteiger partial charge in [-0.1, -0.05) is 74.4 Å². The Balaban J connectivity index is 1.68. The van der Waals surface area contributed by atoms with Crippen LogP contribution in [-0.4, -0.2) is 35.2 Å². The van der Waals surface area contributed by atoms with Crippen molar-refractivity contribution in [2.75, 3.05) is 12.3 Å². The van der Waals surface area contributed by atoms with Gasteiger partial charge in [-0.2, -0.15) is 9.29 Å². The van der Waals surface area contributed by atoms with E-state index in [2.05, 4.69) is 17.1 Å². The van der Waals surface area contributed by atoms with Crippen LogP contribution in [0.3, 0.4) is 0 Å². The first-order chi connectivity index (χ1) is 14.0. The molecule has 6 nitrogen and oxygen atoms in total. The van der Waals surface area contributed by atoms with E-state index in [1.54, 1.807) is 4.31 Å². The molecule has 0 saturated carbocycles. The zero-order chi connectivity index (χ0) is 20.7. The Kier molecular flexibility index (Phi) is 7.84. The van der Waals surface area contributed by atoms with E-state index in [4.69, 9.17) is 4.52 Å². The van der Waals surface area contributed by atoms with Crippen molar-refractivity contribution in [3.63, 3.8) is 0 Å². The smallest absolute Gasteiger partial charge is 0.245 e. The summed E-state index contributed by atoms with van der Waals surface area (Å²) in [5, 5.41) is 4.12. The molecule has 1 saturated heterocycles. The fourth-order valence-corrected chi connectivity index (χ4v) is 5.73. The SMILES string of the molecule is CCCCCCCCS(=O)(=O)N1CCCCC1c1nc(-c2cccc(C)c2)no1. The molecule has 2 aromatic rings. The maximum absolute atomic E-state index is 13.0. The number of aromatic nitrogens is 2. The van der Waals surface area contributed by atoms with Gasteiger partial charge in [0.2, 0.25) is 21.7 Å². The Morgan fingerprint density at radius 1 is 1.14 bits per heavy atom. The second kappa shape index (κ2) is 10.3. The molecule has 2 heterocycles. The number of benzene rings is 1. The van der Waals surface area contributed by atoms with Crippen LogP contribution in [0, 0.1) is 6.92 Å². The second-order valence-corrected chi connectivity index (χ2v) is 10.1. The van der Waals surface area contributed by atoms with Gasteiger partial charge in [-0.25, -0.2) is 8.42 Å². The average molecular weight is 420 g/mol. The minimum absolute atomic E-state index is 0.203. The lowest BCUT2D eigenvalue weighted by molar-refractivity contribution is 0.204. The molecule has 0 amide bonds. The van der Waals surface area contributed by atoms with Crippen molar-refractivity contribution in [3.8, 4) is 11.4 Å². The van der Waals surface area contributed by atoms with Crippen molar-refractivity contribution in [3.05, 3.63) is 35.7 Å². The van der Waals surface area contributed by atoms with Crippen molar-refractivity contribution < 1.29 is 12.9 Å². The fraction of sp³-hybridized carbons (Fsp3) is 0.636. The summed E-state index contributed by atoms with van der Waals surface area (Å²) < 4.78 is 33.2. The number of hydrogen-bond acceptors (Lipinski definition) is 5. The number of unbranched alkanes of at least 4 members (excludes halogenated alkanes) is 5. The molecule has 1 atom stereocenters. The summed E-state index contributed by atoms with van der Waals surface area (Å²) in [4.78, 5) is 4.56. The first kappa shape index (κ1) is 22.0. The molecule has 29 heavy (non-hydrogen) atoms. The van der Waals surface area contributed by atoms with E-state index in [1.807, 2.05) is 31.2 Å². The molecule has 1 aliphatic rings. The average Bonchev–Trinajstić information content (AvgIpc) is 3.21. The zero-order valence-electron chi connectivity index (χ0n) is 17.6. The Morgan fingerprint density at radius 3 is 2.72 bits per heavy atom. The number of sulfonamides is 1. The van der Waals surface area contributed by atoms with Gasteiger partial charge in [-0.05, 0) is 32.3 Å². The van der Waals surface area contributed by atoms with Gasteiger partial charge in [0, 0.05) is 12.1 Å². The molecule has 1 aliphatic heterocycles. The topological polar surface area (TPSA) is 76.3 Å². The lowest BCUT2D eigenvalue weighted by Gasteiger charge is -2.32. The highest BCUT2D eigenvalue weighted by molar-refractivity contribution is 7.89. The summed E-state index contributed by atoms with van der Waals surface area (Å²) >= 11 is 0. The monoisotopic (exact) mass is 419 g/mol. The van der Waals surface area contributed by atoms with Crippen LogP contribution in [0.4, 0.5) is 0 Å². The summed E-state index contributed by atoms with van der Waals surface area (Å²) in [6.07, 6.45) is 8.97.